The van der Waals surface area contributed by atoms with Crippen molar-refractivity contribution in [2.45, 2.75) is 31.6 Å². The van der Waals surface area contributed by atoms with Crippen LogP contribution in [0.2, 0.25) is 0 Å². The number of nitrogen functional groups attached to an aromatic ring is 1. The van der Waals surface area contributed by atoms with E-state index in [2.05, 4.69) is 26.0 Å². The first kappa shape index (κ1) is 17.9. The van der Waals surface area contributed by atoms with Crippen molar-refractivity contribution in [3.8, 4) is 0 Å². The van der Waals surface area contributed by atoms with Crippen molar-refractivity contribution in [3.05, 3.63) is 22.2 Å². The summed E-state index contributed by atoms with van der Waals surface area (Å²) in [6.45, 7) is 4.28. The van der Waals surface area contributed by atoms with Gasteiger partial charge in [0.15, 0.2) is 0 Å². The van der Waals surface area contributed by atoms with Gasteiger partial charge in [-0.15, -0.1) is 0 Å². The minimum Gasteiger partial charge on any atom is -0.398 e. The Kier molecular flexibility index (Phi) is 6.63. The molecule has 0 saturated carbocycles. The van der Waals surface area contributed by atoms with Crippen LogP contribution in [0.5, 0.6) is 0 Å². The summed E-state index contributed by atoms with van der Waals surface area (Å²) >= 11 is 3.25. The van der Waals surface area contributed by atoms with Gasteiger partial charge < -0.3 is 11.1 Å². The quantitative estimate of drug-likeness (QED) is 0.627. The predicted molar refractivity (Wildman–Crippen MR) is 86.4 cm³/mol. The lowest BCUT2D eigenvalue weighted by molar-refractivity contribution is -0.120. The van der Waals surface area contributed by atoms with Crippen LogP contribution in [-0.4, -0.2) is 27.4 Å². The van der Waals surface area contributed by atoms with Crippen molar-refractivity contribution >= 4 is 37.5 Å². The van der Waals surface area contributed by atoms with Gasteiger partial charge in [0.05, 0.1) is 4.90 Å². The minimum atomic E-state index is -3.68. The van der Waals surface area contributed by atoms with Crippen LogP contribution >= 0.6 is 15.9 Å². The Hall–Kier alpha value is -1.12. The van der Waals surface area contributed by atoms with Gasteiger partial charge in [0.1, 0.15) is 0 Å². The predicted octanol–water partition coefficient (Wildman–Crippen LogP) is 1.53. The minimum absolute atomic E-state index is 0.0489. The summed E-state index contributed by atoms with van der Waals surface area (Å²) in [5.41, 5.74) is 6.65. The average Bonchev–Trinajstić information content (AvgIpc) is 2.40. The van der Waals surface area contributed by atoms with Gasteiger partial charge >= 0.3 is 0 Å². The molecule has 0 aliphatic rings. The molecule has 0 aliphatic heterocycles. The number of benzene rings is 1. The van der Waals surface area contributed by atoms with Crippen LogP contribution in [0, 0.1) is 6.92 Å². The number of carbonyl (C=O) groups excluding carboxylic acids is 1. The van der Waals surface area contributed by atoms with Crippen LogP contribution in [-0.2, 0) is 14.8 Å². The molecule has 6 nitrogen and oxygen atoms in total. The number of hydrogen-bond acceptors (Lipinski definition) is 4. The molecular formula is C13H20BrN3O3S. The summed E-state index contributed by atoms with van der Waals surface area (Å²) < 4.78 is 27.5. The lowest BCUT2D eigenvalue weighted by atomic mass is 10.2. The molecule has 0 aromatic heterocycles. The molecule has 0 spiro atoms. The molecule has 4 N–H and O–H groups in total. The van der Waals surface area contributed by atoms with E-state index in [-0.39, 0.29) is 23.8 Å². The first-order chi connectivity index (χ1) is 9.77. The molecule has 0 aliphatic carbocycles. The molecule has 1 amide bonds. The van der Waals surface area contributed by atoms with Gasteiger partial charge in [0.25, 0.3) is 0 Å². The van der Waals surface area contributed by atoms with Crippen LogP contribution in [0.1, 0.15) is 25.3 Å². The number of hydrogen-bond donors (Lipinski definition) is 3. The molecule has 0 bridgehead atoms. The van der Waals surface area contributed by atoms with Gasteiger partial charge in [0.2, 0.25) is 15.9 Å². The maximum Gasteiger partial charge on any atom is 0.240 e. The Morgan fingerprint density at radius 2 is 2.00 bits per heavy atom. The average molecular weight is 378 g/mol. The number of nitrogens with two attached hydrogens (primary N) is 1. The molecule has 0 radical (unpaired) electrons. The maximum atomic E-state index is 12.2. The Labute approximate surface area is 133 Å². The van der Waals surface area contributed by atoms with Gasteiger partial charge in [-0.05, 0) is 47.0 Å². The maximum absolute atomic E-state index is 12.2. The monoisotopic (exact) mass is 377 g/mol. The largest absolute Gasteiger partial charge is 0.398 e. The van der Waals surface area contributed by atoms with Gasteiger partial charge in [-0.3, -0.25) is 4.79 Å². The molecule has 0 unspecified atom stereocenters. The fourth-order valence-electron chi connectivity index (χ4n) is 1.69. The SMILES string of the molecule is CCCNC(=O)CCNS(=O)(=O)c1cc(N)c(Br)cc1C. The molecular weight excluding hydrogens is 358 g/mol. The number of amides is 1. The molecule has 21 heavy (non-hydrogen) atoms. The second-order valence-corrected chi connectivity index (χ2v) is 7.23. The highest BCUT2D eigenvalue weighted by molar-refractivity contribution is 9.10. The van der Waals surface area contributed by atoms with E-state index >= 15 is 0 Å². The van der Waals surface area contributed by atoms with Crippen molar-refractivity contribution < 1.29 is 13.2 Å². The van der Waals surface area contributed by atoms with E-state index in [9.17, 15) is 13.2 Å². The third kappa shape index (κ3) is 5.29. The molecule has 0 saturated heterocycles. The van der Waals surface area contributed by atoms with Gasteiger partial charge in [0, 0.05) is 29.7 Å². The fourth-order valence-corrected chi connectivity index (χ4v) is 3.44. The number of anilines is 1. The van der Waals surface area contributed by atoms with Crippen molar-refractivity contribution in [2.75, 3.05) is 18.8 Å². The molecule has 1 aromatic carbocycles. The highest BCUT2D eigenvalue weighted by Crippen LogP contribution is 2.26. The number of carbonyl (C=O) groups is 1. The van der Waals surface area contributed by atoms with Crippen molar-refractivity contribution in [3.63, 3.8) is 0 Å². The highest BCUT2D eigenvalue weighted by Gasteiger charge is 2.18. The molecule has 0 fully saturated rings. The Balaban J connectivity index is 2.70. The van der Waals surface area contributed by atoms with Crippen LogP contribution < -0.4 is 15.8 Å². The summed E-state index contributed by atoms with van der Waals surface area (Å²) in [6.07, 6.45) is 0.944. The fraction of sp³-hybridized carbons (Fsp3) is 0.462. The van der Waals surface area contributed by atoms with E-state index in [1.165, 1.54) is 6.07 Å². The third-order valence-corrected chi connectivity index (χ3v) is 5.09. The van der Waals surface area contributed by atoms with Gasteiger partial charge in [-0.1, -0.05) is 6.92 Å². The number of sulfonamides is 1. The Morgan fingerprint density at radius 1 is 1.33 bits per heavy atom. The Morgan fingerprint density at radius 3 is 2.62 bits per heavy atom. The van der Waals surface area contributed by atoms with E-state index in [0.717, 1.165) is 6.42 Å². The lowest BCUT2D eigenvalue weighted by Gasteiger charge is -2.11. The summed E-state index contributed by atoms with van der Waals surface area (Å²) in [5.74, 6) is -0.174. The zero-order chi connectivity index (χ0) is 16.0. The van der Waals surface area contributed by atoms with Crippen LogP contribution in [0.25, 0.3) is 0 Å². The van der Waals surface area contributed by atoms with Crippen molar-refractivity contribution in [1.82, 2.24) is 10.0 Å². The second-order valence-electron chi connectivity index (χ2n) is 4.64. The van der Waals surface area contributed by atoms with E-state index in [1.807, 2.05) is 6.92 Å². The lowest BCUT2D eigenvalue weighted by Crippen LogP contribution is -2.31. The van der Waals surface area contributed by atoms with Crippen LogP contribution in [0.3, 0.4) is 0 Å². The van der Waals surface area contributed by atoms with E-state index in [1.54, 1.807) is 13.0 Å². The molecule has 0 atom stereocenters. The summed E-state index contributed by atoms with van der Waals surface area (Å²) in [6, 6.07) is 3.05. The second kappa shape index (κ2) is 7.77. The van der Waals surface area contributed by atoms with Crippen molar-refractivity contribution in [1.29, 1.82) is 0 Å². The summed E-state index contributed by atoms with van der Waals surface area (Å²) in [4.78, 5) is 11.5. The number of aryl methyl sites for hydroxylation is 1. The number of rotatable bonds is 7. The summed E-state index contributed by atoms with van der Waals surface area (Å²) in [5, 5.41) is 2.69. The zero-order valence-corrected chi connectivity index (χ0v) is 14.5. The van der Waals surface area contributed by atoms with Gasteiger partial charge in [-0.2, -0.15) is 0 Å². The Bertz CT molecular complexity index is 617. The standard InChI is InChI=1S/C13H20BrN3O3S/c1-3-5-16-13(18)4-6-17-21(19,20)12-8-11(15)10(14)7-9(12)2/h7-8,17H,3-6,15H2,1-2H3,(H,16,18). The smallest absolute Gasteiger partial charge is 0.240 e. The van der Waals surface area contributed by atoms with Crippen LogP contribution in [0.15, 0.2) is 21.5 Å². The highest BCUT2D eigenvalue weighted by atomic mass is 79.9. The first-order valence-corrected chi connectivity index (χ1v) is 8.87. The van der Waals surface area contributed by atoms with Gasteiger partial charge in [-0.25, -0.2) is 13.1 Å². The van der Waals surface area contributed by atoms with Crippen LogP contribution in [0.4, 0.5) is 5.69 Å². The molecule has 1 rings (SSSR count). The van der Waals surface area contributed by atoms with Crippen molar-refractivity contribution in [2.24, 2.45) is 0 Å². The first-order valence-electron chi connectivity index (χ1n) is 6.60. The van der Waals surface area contributed by atoms with E-state index in [0.29, 0.717) is 22.3 Å². The summed E-state index contributed by atoms with van der Waals surface area (Å²) in [7, 11) is -3.68. The van der Waals surface area contributed by atoms with E-state index < -0.39 is 10.0 Å². The molecule has 1 aromatic rings. The molecule has 118 valence electrons. The molecule has 0 heterocycles. The number of halogens is 1. The van der Waals surface area contributed by atoms with E-state index in [4.69, 9.17) is 5.73 Å². The zero-order valence-electron chi connectivity index (χ0n) is 12.1. The topological polar surface area (TPSA) is 101 Å². The normalized spacial score (nSPS) is 11.4. The third-order valence-electron chi connectivity index (χ3n) is 2.80. The molecule has 8 heteroatoms. The number of nitrogens with one attached hydrogen (secondary N) is 2.